The van der Waals surface area contributed by atoms with Crippen molar-refractivity contribution in [1.29, 1.82) is 0 Å². The second kappa shape index (κ2) is 4.56. The third-order valence-corrected chi connectivity index (χ3v) is 2.79. The zero-order valence-corrected chi connectivity index (χ0v) is 10.3. The molecule has 0 atom stereocenters. The van der Waals surface area contributed by atoms with Crippen molar-refractivity contribution in [3.05, 3.63) is 47.7 Å². The maximum Gasteiger partial charge on any atom is 0.251 e. The topological polar surface area (TPSA) is 83.8 Å². The molecule has 0 unspecified atom stereocenters. The number of rotatable bonds is 3. The molecule has 2 N–H and O–H groups in total. The molecule has 2 heterocycles. The van der Waals surface area contributed by atoms with Gasteiger partial charge in [-0.1, -0.05) is 11.2 Å². The summed E-state index contributed by atoms with van der Waals surface area (Å²) in [6.45, 7) is 1.95. The molecule has 96 valence electrons. The van der Waals surface area contributed by atoms with Crippen LogP contribution >= 0.6 is 0 Å². The smallest absolute Gasteiger partial charge is 0.251 e. The van der Waals surface area contributed by atoms with E-state index in [-0.39, 0.29) is 12.5 Å². The highest BCUT2D eigenvalue weighted by Crippen LogP contribution is 2.14. The average Bonchev–Trinajstić information content (AvgIpc) is 3.03. The van der Waals surface area contributed by atoms with Gasteiger partial charge in [-0.3, -0.25) is 4.79 Å². The van der Waals surface area contributed by atoms with E-state index in [9.17, 15) is 4.79 Å². The van der Waals surface area contributed by atoms with Crippen molar-refractivity contribution in [1.82, 2.24) is 20.4 Å². The number of amides is 1. The Bertz CT molecular complexity index is 729. The monoisotopic (exact) mass is 256 g/mol. The molecule has 0 aliphatic rings. The van der Waals surface area contributed by atoms with Crippen LogP contribution in [0.1, 0.15) is 22.1 Å². The zero-order valence-electron chi connectivity index (χ0n) is 10.3. The molecule has 0 bridgehead atoms. The van der Waals surface area contributed by atoms with Crippen LogP contribution in [-0.2, 0) is 6.54 Å². The quantitative estimate of drug-likeness (QED) is 0.748. The van der Waals surface area contributed by atoms with Crippen LogP contribution in [-0.4, -0.2) is 21.0 Å². The van der Waals surface area contributed by atoms with E-state index in [4.69, 9.17) is 4.52 Å². The van der Waals surface area contributed by atoms with Crippen molar-refractivity contribution in [3.8, 4) is 0 Å². The van der Waals surface area contributed by atoms with Crippen LogP contribution in [0.2, 0.25) is 0 Å². The van der Waals surface area contributed by atoms with E-state index in [0.717, 1.165) is 10.9 Å². The molecule has 6 heteroatoms. The number of nitrogens with zero attached hydrogens (tertiary/aromatic N) is 2. The number of H-pyrrole nitrogens is 1. The van der Waals surface area contributed by atoms with Gasteiger partial charge in [0.05, 0.1) is 6.54 Å². The first-order chi connectivity index (χ1) is 9.22. The number of aryl methyl sites for hydroxylation is 1. The van der Waals surface area contributed by atoms with Gasteiger partial charge in [0.15, 0.2) is 5.82 Å². The molecule has 2 aromatic heterocycles. The summed E-state index contributed by atoms with van der Waals surface area (Å²) in [4.78, 5) is 19.1. The molecule has 1 aromatic carbocycles. The van der Waals surface area contributed by atoms with Crippen molar-refractivity contribution in [3.63, 3.8) is 0 Å². The molecule has 0 saturated heterocycles. The van der Waals surface area contributed by atoms with Gasteiger partial charge in [-0.15, -0.1) is 0 Å². The molecule has 3 aromatic rings. The van der Waals surface area contributed by atoms with Gasteiger partial charge >= 0.3 is 0 Å². The Morgan fingerprint density at radius 3 is 3.11 bits per heavy atom. The fourth-order valence-electron chi connectivity index (χ4n) is 1.86. The number of hydrogen-bond donors (Lipinski definition) is 2. The first kappa shape index (κ1) is 11.5. The first-order valence-corrected chi connectivity index (χ1v) is 5.87. The van der Waals surface area contributed by atoms with Crippen molar-refractivity contribution in [2.75, 3.05) is 0 Å². The van der Waals surface area contributed by atoms with E-state index in [1.807, 2.05) is 24.4 Å². The van der Waals surface area contributed by atoms with Gasteiger partial charge in [-0.05, 0) is 30.5 Å². The maximum atomic E-state index is 12.0. The Balaban J connectivity index is 1.72. The average molecular weight is 256 g/mol. The minimum atomic E-state index is -0.174. The molecule has 0 aliphatic heterocycles. The van der Waals surface area contributed by atoms with Gasteiger partial charge < -0.3 is 14.8 Å². The van der Waals surface area contributed by atoms with Gasteiger partial charge in [-0.2, -0.15) is 4.98 Å². The number of hydrogen-bond acceptors (Lipinski definition) is 4. The van der Waals surface area contributed by atoms with Crippen molar-refractivity contribution in [2.24, 2.45) is 0 Å². The zero-order chi connectivity index (χ0) is 13.2. The number of aromatic nitrogens is 3. The summed E-state index contributed by atoms with van der Waals surface area (Å²) < 4.78 is 4.93. The third kappa shape index (κ3) is 2.33. The van der Waals surface area contributed by atoms with Crippen LogP contribution in [0.15, 0.2) is 35.0 Å². The fourth-order valence-corrected chi connectivity index (χ4v) is 1.86. The molecule has 0 radical (unpaired) electrons. The van der Waals surface area contributed by atoms with E-state index < -0.39 is 0 Å². The van der Waals surface area contributed by atoms with Crippen molar-refractivity contribution in [2.45, 2.75) is 13.5 Å². The van der Waals surface area contributed by atoms with Crippen LogP contribution in [0.4, 0.5) is 0 Å². The standard InChI is InChI=1S/C13H12N4O2/c1-8-16-12(19-17-8)7-15-13(18)10-3-2-9-4-5-14-11(9)6-10/h2-6,14H,7H2,1H3,(H,15,18). The molecule has 3 rings (SSSR count). The lowest BCUT2D eigenvalue weighted by Crippen LogP contribution is -2.22. The maximum absolute atomic E-state index is 12.0. The number of carbonyl (C=O) groups excluding carboxylic acids is 1. The molecule has 0 aliphatic carbocycles. The molecule has 6 nitrogen and oxygen atoms in total. The molecular formula is C13H12N4O2. The minimum absolute atomic E-state index is 0.174. The van der Waals surface area contributed by atoms with E-state index in [1.165, 1.54) is 0 Å². The van der Waals surface area contributed by atoms with Crippen LogP contribution < -0.4 is 5.32 Å². The van der Waals surface area contributed by atoms with Crippen LogP contribution in [0.5, 0.6) is 0 Å². The summed E-state index contributed by atoms with van der Waals surface area (Å²) in [5, 5.41) is 7.47. The molecule has 0 saturated carbocycles. The Labute approximate surface area is 108 Å². The Morgan fingerprint density at radius 2 is 2.32 bits per heavy atom. The molecule has 0 spiro atoms. The second-order valence-corrected chi connectivity index (χ2v) is 4.20. The minimum Gasteiger partial charge on any atom is -0.361 e. The lowest BCUT2D eigenvalue weighted by Gasteiger charge is -2.02. The predicted molar refractivity (Wildman–Crippen MR) is 68.5 cm³/mol. The van der Waals surface area contributed by atoms with Crippen LogP contribution in [0.3, 0.4) is 0 Å². The third-order valence-electron chi connectivity index (χ3n) is 2.79. The van der Waals surface area contributed by atoms with E-state index in [1.54, 1.807) is 13.0 Å². The number of nitrogens with one attached hydrogen (secondary N) is 2. The Kier molecular flexibility index (Phi) is 2.75. The summed E-state index contributed by atoms with van der Waals surface area (Å²) in [6, 6.07) is 7.45. The van der Waals surface area contributed by atoms with E-state index in [0.29, 0.717) is 17.3 Å². The second-order valence-electron chi connectivity index (χ2n) is 4.20. The molecule has 0 fully saturated rings. The normalized spacial score (nSPS) is 10.8. The van der Waals surface area contributed by atoms with Gasteiger partial charge in [-0.25, -0.2) is 0 Å². The fraction of sp³-hybridized carbons (Fsp3) is 0.154. The predicted octanol–water partition coefficient (Wildman–Crippen LogP) is 1.79. The van der Waals surface area contributed by atoms with Gasteiger partial charge in [0.1, 0.15) is 0 Å². The van der Waals surface area contributed by atoms with Crippen molar-refractivity contribution >= 4 is 16.8 Å². The number of benzene rings is 1. The highest BCUT2D eigenvalue weighted by atomic mass is 16.5. The molecule has 1 amide bonds. The first-order valence-electron chi connectivity index (χ1n) is 5.87. The summed E-state index contributed by atoms with van der Waals surface area (Å²) in [5.41, 5.74) is 1.52. The van der Waals surface area contributed by atoms with Gasteiger partial charge in [0.2, 0.25) is 5.89 Å². The van der Waals surface area contributed by atoms with E-state index in [2.05, 4.69) is 20.4 Å². The number of carbonyl (C=O) groups is 1. The van der Waals surface area contributed by atoms with Crippen LogP contribution in [0.25, 0.3) is 10.9 Å². The highest BCUT2D eigenvalue weighted by molar-refractivity contribution is 5.97. The summed E-state index contributed by atoms with van der Waals surface area (Å²) in [6.07, 6.45) is 1.84. The van der Waals surface area contributed by atoms with Crippen molar-refractivity contribution < 1.29 is 9.32 Å². The number of fused-ring (bicyclic) bond motifs is 1. The number of aromatic amines is 1. The largest absolute Gasteiger partial charge is 0.361 e. The summed E-state index contributed by atoms with van der Waals surface area (Å²) in [7, 11) is 0. The summed E-state index contributed by atoms with van der Waals surface area (Å²) >= 11 is 0. The lowest BCUT2D eigenvalue weighted by molar-refractivity contribution is 0.0946. The highest BCUT2D eigenvalue weighted by Gasteiger charge is 2.09. The van der Waals surface area contributed by atoms with Gasteiger partial charge in [0, 0.05) is 17.3 Å². The van der Waals surface area contributed by atoms with Crippen LogP contribution in [0, 0.1) is 6.92 Å². The molecule has 19 heavy (non-hydrogen) atoms. The molecular weight excluding hydrogens is 244 g/mol. The Morgan fingerprint density at radius 1 is 1.42 bits per heavy atom. The SMILES string of the molecule is Cc1noc(CNC(=O)c2ccc3cc[nH]c3c2)n1. The Hall–Kier alpha value is -2.63. The van der Waals surface area contributed by atoms with Gasteiger partial charge in [0.25, 0.3) is 5.91 Å². The summed E-state index contributed by atoms with van der Waals surface area (Å²) in [5.74, 6) is 0.774. The lowest BCUT2D eigenvalue weighted by atomic mass is 10.1. The van der Waals surface area contributed by atoms with E-state index >= 15 is 0 Å².